The highest BCUT2D eigenvalue weighted by molar-refractivity contribution is 5.86. The lowest BCUT2D eigenvalue weighted by molar-refractivity contribution is -0.145. The first kappa shape index (κ1) is 13.1. The molecular formula is C10H18O4. The van der Waals surface area contributed by atoms with Gasteiger partial charge in [0.05, 0.1) is 13.0 Å². The molecule has 1 unspecified atom stereocenters. The number of carbonyl (C=O) groups excluding carboxylic acids is 2. The van der Waals surface area contributed by atoms with Crippen LogP contribution < -0.4 is 0 Å². The Morgan fingerprint density at radius 2 is 1.86 bits per heavy atom. The quantitative estimate of drug-likeness (QED) is 0.584. The number of rotatable bonds is 7. The maximum atomic E-state index is 11.4. The maximum Gasteiger partial charge on any atom is 0.306 e. The van der Waals surface area contributed by atoms with E-state index in [4.69, 9.17) is 9.47 Å². The molecule has 4 heteroatoms. The van der Waals surface area contributed by atoms with Crippen LogP contribution in [0.1, 0.15) is 33.1 Å². The van der Waals surface area contributed by atoms with Crippen LogP contribution in [0.15, 0.2) is 0 Å². The van der Waals surface area contributed by atoms with Crippen LogP contribution in [0.4, 0.5) is 0 Å². The number of ether oxygens (including phenoxy) is 2. The summed E-state index contributed by atoms with van der Waals surface area (Å²) in [6.07, 6.45) is 0.597. The second-order valence-corrected chi connectivity index (χ2v) is 2.90. The van der Waals surface area contributed by atoms with Crippen molar-refractivity contribution in [3.63, 3.8) is 0 Å². The van der Waals surface area contributed by atoms with E-state index in [9.17, 15) is 9.59 Å². The van der Waals surface area contributed by atoms with Crippen LogP contribution in [-0.4, -0.2) is 31.6 Å². The van der Waals surface area contributed by atoms with Crippen LogP contribution in [0.2, 0.25) is 0 Å². The van der Waals surface area contributed by atoms with Crippen LogP contribution in [0.3, 0.4) is 0 Å². The molecule has 0 N–H and O–H groups in total. The highest BCUT2D eigenvalue weighted by Crippen LogP contribution is 2.04. The minimum Gasteiger partial charge on any atom is -0.466 e. The standard InChI is InChI=1S/C10H18O4/c1-4-9(13-3)8(11)6-7-10(12)14-5-2/h9H,4-7H2,1-3H3. The normalized spacial score (nSPS) is 12.2. The molecule has 14 heavy (non-hydrogen) atoms. The molecule has 0 heterocycles. The Kier molecular flexibility index (Phi) is 7.02. The molecule has 0 aromatic heterocycles. The van der Waals surface area contributed by atoms with Gasteiger partial charge in [0.1, 0.15) is 6.10 Å². The van der Waals surface area contributed by atoms with Gasteiger partial charge >= 0.3 is 5.97 Å². The molecule has 82 valence electrons. The van der Waals surface area contributed by atoms with Gasteiger partial charge in [-0.05, 0) is 13.3 Å². The molecule has 0 amide bonds. The van der Waals surface area contributed by atoms with Crippen molar-refractivity contribution in [2.45, 2.75) is 39.2 Å². The molecule has 0 bridgehead atoms. The first-order valence-corrected chi connectivity index (χ1v) is 4.86. The van der Waals surface area contributed by atoms with Gasteiger partial charge in [0.25, 0.3) is 0 Å². The fraction of sp³-hybridized carbons (Fsp3) is 0.800. The SMILES string of the molecule is CCOC(=O)CCC(=O)C(CC)OC. The molecule has 0 spiro atoms. The zero-order valence-electron chi connectivity index (χ0n) is 9.04. The predicted molar refractivity (Wildman–Crippen MR) is 52.0 cm³/mol. The van der Waals surface area contributed by atoms with Gasteiger partial charge in [-0.15, -0.1) is 0 Å². The first-order valence-electron chi connectivity index (χ1n) is 4.86. The number of ketones is 1. The van der Waals surface area contributed by atoms with Gasteiger partial charge in [-0.3, -0.25) is 9.59 Å². The van der Waals surface area contributed by atoms with Gasteiger partial charge in [0.2, 0.25) is 0 Å². The van der Waals surface area contributed by atoms with Crippen LogP contribution in [-0.2, 0) is 19.1 Å². The zero-order valence-corrected chi connectivity index (χ0v) is 9.04. The summed E-state index contributed by atoms with van der Waals surface area (Å²) in [7, 11) is 1.50. The molecule has 0 aliphatic heterocycles. The lowest BCUT2D eigenvalue weighted by atomic mass is 10.1. The van der Waals surface area contributed by atoms with E-state index in [0.717, 1.165) is 0 Å². The molecule has 0 saturated carbocycles. The molecular weight excluding hydrogens is 184 g/mol. The Hall–Kier alpha value is -0.900. The summed E-state index contributed by atoms with van der Waals surface area (Å²) in [5.74, 6) is -0.366. The first-order chi connectivity index (χ1) is 6.65. The van der Waals surface area contributed by atoms with Crippen molar-refractivity contribution in [1.82, 2.24) is 0 Å². The van der Waals surface area contributed by atoms with Crippen molar-refractivity contribution < 1.29 is 19.1 Å². The number of methoxy groups -OCH3 is 1. The Morgan fingerprint density at radius 1 is 1.21 bits per heavy atom. The molecule has 0 rings (SSSR count). The Morgan fingerprint density at radius 3 is 2.29 bits per heavy atom. The number of hydrogen-bond donors (Lipinski definition) is 0. The molecule has 0 saturated heterocycles. The van der Waals surface area contributed by atoms with Crippen molar-refractivity contribution in [1.29, 1.82) is 0 Å². The van der Waals surface area contributed by atoms with Crippen molar-refractivity contribution in [3.8, 4) is 0 Å². The van der Waals surface area contributed by atoms with Crippen LogP contribution in [0.5, 0.6) is 0 Å². The van der Waals surface area contributed by atoms with Crippen molar-refractivity contribution in [3.05, 3.63) is 0 Å². The largest absolute Gasteiger partial charge is 0.466 e. The molecule has 0 aromatic carbocycles. The molecule has 0 fully saturated rings. The highest BCUT2D eigenvalue weighted by Gasteiger charge is 2.16. The minimum absolute atomic E-state index is 0.0388. The predicted octanol–water partition coefficient (Wildman–Crippen LogP) is 1.32. The van der Waals surface area contributed by atoms with Crippen LogP contribution in [0, 0.1) is 0 Å². The Labute approximate surface area is 84.6 Å². The number of carbonyl (C=O) groups is 2. The Bertz CT molecular complexity index is 185. The van der Waals surface area contributed by atoms with E-state index in [1.807, 2.05) is 6.92 Å². The van der Waals surface area contributed by atoms with E-state index in [1.165, 1.54) is 7.11 Å². The topological polar surface area (TPSA) is 52.6 Å². The summed E-state index contributed by atoms with van der Waals surface area (Å²) < 4.78 is 9.66. The summed E-state index contributed by atoms with van der Waals surface area (Å²) in [5, 5.41) is 0. The maximum absolute atomic E-state index is 11.4. The van der Waals surface area contributed by atoms with Crippen LogP contribution >= 0.6 is 0 Å². The van der Waals surface area contributed by atoms with E-state index in [2.05, 4.69) is 0 Å². The summed E-state index contributed by atoms with van der Waals surface area (Å²) in [6.45, 7) is 3.97. The molecule has 1 atom stereocenters. The lowest BCUT2D eigenvalue weighted by Gasteiger charge is -2.10. The van der Waals surface area contributed by atoms with E-state index in [1.54, 1.807) is 6.92 Å². The van der Waals surface area contributed by atoms with E-state index in [-0.39, 0.29) is 30.7 Å². The lowest BCUT2D eigenvalue weighted by Crippen LogP contribution is -2.22. The van der Waals surface area contributed by atoms with Gasteiger partial charge in [-0.2, -0.15) is 0 Å². The summed E-state index contributed by atoms with van der Waals surface area (Å²) in [4.78, 5) is 22.3. The second kappa shape index (κ2) is 7.50. The van der Waals surface area contributed by atoms with E-state index < -0.39 is 0 Å². The van der Waals surface area contributed by atoms with Crippen molar-refractivity contribution in [2.24, 2.45) is 0 Å². The molecule has 0 aliphatic carbocycles. The van der Waals surface area contributed by atoms with Crippen molar-refractivity contribution in [2.75, 3.05) is 13.7 Å². The van der Waals surface area contributed by atoms with Gasteiger partial charge in [0, 0.05) is 13.5 Å². The number of hydrogen-bond acceptors (Lipinski definition) is 4. The van der Waals surface area contributed by atoms with Gasteiger partial charge in [-0.25, -0.2) is 0 Å². The number of Topliss-reactive ketones (excluding diaryl/α,β-unsaturated/α-hetero) is 1. The third-order valence-corrected chi connectivity index (χ3v) is 1.90. The van der Waals surface area contributed by atoms with Crippen LogP contribution in [0.25, 0.3) is 0 Å². The average Bonchev–Trinajstić information content (AvgIpc) is 2.17. The second-order valence-electron chi connectivity index (χ2n) is 2.90. The fourth-order valence-electron chi connectivity index (χ4n) is 1.15. The van der Waals surface area contributed by atoms with E-state index >= 15 is 0 Å². The highest BCUT2D eigenvalue weighted by atomic mass is 16.5. The molecule has 0 aromatic rings. The summed E-state index contributed by atoms with van der Waals surface area (Å²) in [6, 6.07) is 0. The molecule has 0 aliphatic rings. The minimum atomic E-state index is -0.385. The van der Waals surface area contributed by atoms with Gasteiger partial charge in [0.15, 0.2) is 5.78 Å². The van der Waals surface area contributed by atoms with Gasteiger partial charge in [-0.1, -0.05) is 6.92 Å². The Balaban J connectivity index is 3.77. The monoisotopic (exact) mass is 202 g/mol. The number of esters is 1. The van der Waals surface area contributed by atoms with E-state index in [0.29, 0.717) is 13.0 Å². The fourth-order valence-corrected chi connectivity index (χ4v) is 1.15. The molecule has 4 nitrogen and oxygen atoms in total. The zero-order chi connectivity index (χ0) is 11.0. The van der Waals surface area contributed by atoms with Crippen molar-refractivity contribution >= 4 is 11.8 Å². The third-order valence-electron chi connectivity index (χ3n) is 1.90. The molecule has 0 radical (unpaired) electrons. The average molecular weight is 202 g/mol. The summed E-state index contributed by atoms with van der Waals surface area (Å²) >= 11 is 0. The van der Waals surface area contributed by atoms with Gasteiger partial charge < -0.3 is 9.47 Å². The smallest absolute Gasteiger partial charge is 0.306 e. The summed E-state index contributed by atoms with van der Waals surface area (Å²) in [5.41, 5.74) is 0. The third kappa shape index (κ3) is 4.97.